The van der Waals surface area contributed by atoms with Crippen molar-refractivity contribution in [1.82, 2.24) is 0 Å². The largest absolute Gasteiger partial charge is 0.466 e. The Morgan fingerprint density at radius 2 is 1.30 bits per heavy atom. The zero-order chi connectivity index (χ0) is 29.6. The maximum Gasteiger partial charge on any atom is 0.165 e. The van der Waals surface area contributed by atoms with Gasteiger partial charge in [-0.2, -0.15) is 0 Å². The third-order valence-electron chi connectivity index (χ3n) is 8.44. The molecule has 1 aromatic heterocycles. The summed E-state index contributed by atoms with van der Waals surface area (Å²) in [5, 5.41) is 0. The molecule has 7 nitrogen and oxygen atoms in total. The molecule has 0 aliphatic carbocycles. The molecule has 0 amide bonds. The Morgan fingerprint density at radius 1 is 0.744 bits per heavy atom. The fraction of sp³-hybridized carbons (Fsp3) is 0.361. The van der Waals surface area contributed by atoms with E-state index in [1.54, 1.807) is 19.3 Å². The van der Waals surface area contributed by atoms with Crippen LogP contribution in [0.5, 0.6) is 0 Å². The van der Waals surface area contributed by atoms with Crippen LogP contribution < -0.4 is 0 Å². The van der Waals surface area contributed by atoms with Crippen LogP contribution in [0.4, 0.5) is 0 Å². The minimum absolute atomic E-state index is 0.0242. The van der Waals surface area contributed by atoms with Crippen molar-refractivity contribution < 1.29 is 32.9 Å². The summed E-state index contributed by atoms with van der Waals surface area (Å²) in [4.78, 5) is 13.4. The number of benzene rings is 3. The smallest absolute Gasteiger partial charge is 0.165 e. The molecule has 2 fully saturated rings. The SMILES string of the molecule is CC(=O)[C@H]1C2C(O[C@H](COCc3ccccc3)[C@H](OCc3ccccc3)[C@@H]2OCc2ccccc2)O[C@]1(C)c1ccco1. The minimum atomic E-state index is -1.04. The van der Waals surface area contributed by atoms with Gasteiger partial charge in [-0.15, -0.1) is 0 Å². The van der Waals surface area contributed by atoms with Crippen molar-refractivity contribution in [3.05, 3.63) is 132 Å². The number of carbonyl (C=O) groups excluding carboxylic acids is 1. The number of ether oxygens (including phenoxy) is 5. The fourth-order valence-electron chi connectivity index (χ4n) is 6.43. The van der Waals surface area contributed by atoms with Crippen molar-refractivity contribution in [3.63, 3.8) is 0 Å². The highest BCUT2D eigenvalue weighted by Crippen LogP contribution is 2.53. The summed E-state index contributed by atoms with van der Waals surface area (Å²) in [5.41, 5.74) is 2.08. The molecule has 7 atom stereocenters. The molecule has 0 radical (unpaired) electrons. The molecule has 43 heavy (non-hydrogen) atoms. The van der Waals surface area contributed by atoms with Gasteiger partial charge in [0.15, 0.2) is 6.29 Å². The topological polar surface area (TPSA) is 76.4 Å². The van der Waals surface area contributed by atoms with E-state index >= 15 is 0 Å². The maximum absolute atomic E-state index is 13.4. The van der Waals surface area contributed by atoms with Crippen LogP contribution in [0.2, 0.25) is 0 Å². The molecule has 2 aliphatic rings. The summed E-state index contributed by atoms with van der Waals surface area (Å²) in [6.07, 6.45) is -0.712. The number of rotatable bonds is 12. The molecule has 224 valence electrons. The quantitative estimate of drug-likeness (QED) is 0.190. The first-order valence-electron chi connectivity index (χ1n) is 14.8. The number of ketones is 1. The van der Waals surface area contributed by atoms with E-state index in [1.165, 1.54) is 0 Å². The van der Waals surface area contributed by atoms with Crippen molar-refractivity contribution in [1.29, 1.82) is 0 Å². The normalized spacial score (nSPS) is 28.4. The van der Waals surface area contributed by atoms with Crippen LogP contribution in [0.15, 0.2) is 114 Å². The molecule has 2 saturated heterocycles. The first kappa shape index (κ1) is 29.5. The summed E-state index contributed by atoms with van der Waals surface area (Å²) >= 11 is 0. The predicted octanol–water partition coefficient (Wildman–Crippen LogP) is 6.46. The second-order valence-electron chi connectivity index (χ2n) is 11.4. The third kappa shape index (κ3) is 6.51. The molecule has 7 heteroatoms. The molecule has 3 aromatic carbocycles. The standard InChI is InChI=1S/C36H38O7/c1-25(37)32-31-34(41-23-28-17-10-5-11-18-28)33(40-22-27-15-8-4-9-16-27)29(24-38-21-26-13-6-3-7-14-26)42-35(31)43-36(32,2)30-19-12-20-39-30/h3-20,29,31-35H,21-24H2,1-2H3/t29-,31?,32+,33+,34-,35?,36-/m1/s1. The molecule has 0 bridgehead atoms. The average Bonchev–Trinajstić information content (AvgIpc) is 3.68. The molecule has 3 heterocycles. The number of carbonyl (C=O) groups is 1. The van der Waals surface area contributed by atoms with E-state index in [2.05, 4.69) is 0 Å². The van der Waals surface area contributed by atoms with Crippen LogP contribution in [0.1, 0.15) is 36.3 Å². The lowest BCUT2D eigenvalue weighted by atomic mass is 9.73. The Kier molecular flexibility index (Phi) is 9.17. The fourth-order valence-corrected chi connectivity index (χ4v) is 6.43. The van der Waals surface area contributed by atoms with Crippen molar-refractivity contribution in [2.75, 3.05) is 6.61 Å². The van der Waals surface area contributed by atoms with Crippen molar-refractivity contribution in [2.24, 2.45) is 11.8 Å². The Hall–Kier alpha value is -3.59. The lowest BCUT2D eigenvalue weighted by Crippen LogP contribution is -2.58. The van der Waals surface area contributed by atoms with E-state index in [4.69, 9.17) is 28.1 Å². The van der Waals surface area contributed by atoms with Gasteiger partial charge in [-0.05, 0) is 42.7 Å². The molecule has 0 saturated carbocycles. The Balaban J connectivity index is 1.33. The summed E-state index contributed by atoms with van der Waals surface area (Å²) in [6.45, 7) is 4.88. The van der Waals surface area contributed by atoms with Crippen LogP contribution in [-0.2, 0) is 53.9 Å². The van der Waals surface area contributed by atoms with Gasteiger partial charge in [0.1, 0.15) is 29.4 Å². The number of Topliss-reactive ketones (excluding diaryl/α,β-unsaturated/α-hetero) is 1. The number of hydrogen-bond acceptors (Lipinski definition) is 7. The van der Waals surface area contributed by atoms with Gasteiger partial charge in [0.05, 0.1) is 50.6 Å². The number of furan rings is 1. The molecular formula is C36H38O7. The summed E-state index contributed by atoms with van der Waals surface area (Å²) in [6, 6.07) is 33.7. The van der Waals surface area contributed by atoms with E-state index in [-0.39, 0.29) is 12.4 Å². The number of fused-ring (bicyclic) bond motifs is 1. The van der Waals surface area contributed by atoms with Crippen LogP contribution in [-0.4, -0.2) is 37.0 Å². The summed E-state index contributed by atoms with van der Waals surface area (Å²) in [7, 11) is 0. The molecule has 0 spiro atoms. The Labute approximate surface area is 252 Å². The van der Waals surface area contributed by atoms with E-state index in [9.17, 15) is 4.79 Å². The van der Waals surface area contributed by atoms with Crippen molar-refractivity contribution >= 4 is 5.78 Å². The van der Waals surface area contributed by atoms with Crippen LogP contribution in [0.3, 0.4) is 0 Å². The van der Waals surface area contributed by atoms with Gasteiger partial charge >= 0.3 is 0 Å². The van der Waals surface area contributed by atoms with Gasteiger partial charge in [0.2, 0.25) is 0 Å². The molecule has 0 N–H and O–H groups in total. The van der Waals surface area contributed by atoms with E-state index in [1.807, 2.05) is 104 Å². The maximum atomic E-state index is 13.4. The molecule has 4 aromatic rings. The van der Waals surface area contributed by atoms with Gasteiger partial charge in [0.25, 0.3) is 0 Å². The van der Waals surface area contributed by atoms with E-state index in [0.717, 1.165) is 16.7 Å². The lowest BCUT2D eigenvalue weighted by molar-refractivity contribution is -0.293. The number of hydrogen-bond donors (Lipinski definition) is 0. The molecular weight excluding hydrogens is 544 g/mol. The average molecular weight is 583 g/mol. The Bertz CT molecular complexity index is 1430. The Morgan fingerprint density at radius 3 is 1.84 bits per heavy atom. The van der Waals surface area contributed by atoms with Gasteiger partial charge < -0.3 is 28.1 Å². The second-order valence-corrected chi connectivity index (χ2v) is 11.4. The van der Waals surface area contributed by atoms with Gasteiger partial charge in [0, 0.05) is 0 Å². The minimum Gasteiger partial charge on any atom is -0.466 e. The first-order chi connectivity index (χ1) is 21.0. The zero-order valence-electron chi connectivity index (χ0n) is 24.5. The van der Waals surface area contributed by atoms with Gasteiger partial charge in [-0.25, -0.2) is 0 Å². The first-order valence-corrected chi connectivity index (χ1v) is 14.8. The molecule has 6 rings (SSSR count). The third-order valence-corrected chi connectivity index (χ3v) is 8.44. The van der Waals surface area contributed by atoms with Crippen molar-refractivity contribution in [3.8, 4) is 0 Å². The second kappa shape index (κ2) is 13.4. The van der Waals surface area contributed by atoms with Crippen molar-refractivity contribution in [2.45, 2.75) is 63.9 Å². The summed E-state index contributed by atoms with van der Waals surface area (Å²) in [5.74, 6) is -0.476. The van der Waals surface area contributed by atoms with Crippen LogP contribution in [0.25, 0.3) is 0 Å². The highest BCUT2D eigenvalue weighted by atomic mass is 16.7. The van der Waals surface area contributed by atoms with Crippen LogP contribution >= 0.6 is 0 Å². The molecule has 2 unspecified atom stereocenters. The van der Waals surface area contributed by atoms with E-state index < -0.39 is 42.0 Å². The van der Waals surface area contributed by atoms with Gasteiger partial charge in [-0.1, -0.05) is 91.0 Å². The highest BCUT2D eigenvalue weighted by Gasteiger charge is 2.64. The molecule has 2 aliphatic heterocycles. The predicted molar refractivity (Wildman–Crippen MR) is 160 cm³/mol. The highest BCUT2D eigenvalue weighted by molar-refractivity contribution is 5.80. The lowest BCUT2D eigenvalue weighted by Gasteiger charge is -2.44. The van der Waals surface area contributed by atoms with E-state index in [0.29, 0.717) is 25.6 Å². The summed E-state index contributed by atoms with van der Waals surface area (Å²) < 4.78 is 38.7. The monoisotopic (exact) mass is 582 g/mol. The van der Waals surface area contributed by atoms with Crippen LogP contribution in [0, 0.1) is 11.8 Å². The van der Waals surface area contributed by atoms with Gasteiger partial charge in [-0.3, -0.25) is 4.79 Å². The zero-order valence-corrected chi connectivity index (χ0v) is 24.5.